The van der Waals surface area contributed by atoms with Crippen LogP contribution in [-0.4, -0.2) is 37.0 Å². The molecular formula is C21H24ClNO4S. The second-order valence-electron chi connectivity index (χ2n) is 7.37. The van der Waals surface area contributed by atoms with Gasteiger partial charge in [0.15, 0.2) is 0 Å². The summed E-state index contributed by atoms with van der Waals surface area (Å²) in [7, 11) is 0.413. The number of methoxy groups -OCH3 is 1. The maximum atomic E-state index is 12.9. The van der Waals surface area contributed by atoms with E-state index in [1.807, 2.05) is 32.0 Å². The molecule has 1 heterocycles. The fourth-order valence-electron chi connectivity index (χ4n) is 3.01. The molecule has 0 spiro atoms. The number of rotatable bonds is 6. The summed E-state index contributed by atoms with van der Waals surface area (Å²) in [5.74, 6) is 0.981. The molecule has 150 valence electrons. The monoisotopic (exact) mass is 421 g/mol. The lowest BCUT2D eigenvalue weighted by molar-refractivity contribution is -0.127. The van der Waals surface area contributed by atoms with Crippen molar-refractivity contribution in [2.45, 2.75) is 24.5 Å². The van der Waals surface area contributed by atoms with E-state index in [0.717, 1.165) is 10.5 Å². The van der Waals surface area contributed by atoms with Crippen LogP contribution in [0.5, 0.6) is 5.75 Å². The standard InChI is InChI=1S/C21H24ClNO4S/c1-21(2)14-27-19-12-15(13-28(25)17-7-5-16(22)6-8-17)4-9-18(19)23(20(21)24)10-11-26-3/h4-9,12H,10-11,13-14H2,1-3H3. The van der Waals surface area contributed by atoms with Crippen molar-refractivity contribution in [2.75, 3.05) is 31.8 Å². The molecule has 1 atom stereocenters. The lowest BCUT2D eigenvalue weighted by Crippen LogP contribution is -2.43. The second kappa shape index (κ2) is 8.64. The molecule has 0 saturated carbocycles. The maximum absolute atomic E-state index is 12.9. The highest BCUT2D eigenvalue weighted by atomic mass is 35.5. The molecule has 2 aromatic rings. The summed E-state index contributed by atoms with van der Waals surface area (Å²) in [5, 5.41) is 0.614. The molecule has 1 aliphatic heterocycles. The number of benzene rings is 2. The van der Waals surface area contributed by atoms with E-state index >= 15 is 0 Å². The van der Waals surface area contributed by atoms with Gasteiger partial charge < -0.3 is 14.4 Å². The average Bonchev–Trinajstić information content (AvgIpc) is 2.76. The van der Waals surface area contributed by atoms with Gasteiger partial charge in [-0.2, -0.15) is 0 Å². The van der Waals surface area contributed by atoms with Crippen LogP contribution in [0, 0.1) is 5.41 Å². The van der Waals surface area contributed by atoms with Gasteiger partial charge in [0.1, 0.15) is 12.4 Å². The Balaban J connectivity index is 1.87. The van der Waals surface area contributed by atoms with Crippen molar-refractivity contribution >= 4 is 34.0 Å². The van der Waals surface area contributed by atoms with Gasteiger partial charge in [0, 0.05) is 23.6 Å². The summed E-state index contributed by atoms with van der Waals surface area (Å²) < 4.78 is 23.8. The molecule has 1 aliphatic rings. The van der Waals surface area contributed by atoms with Crippen LogP contribution in [0.25, 0.3) is 0 Å². The van der Waals surface area contributed by atoms with E-state index in [1.54, 1.807) is 36.3 Å². The van der Waals surface area contributed by atoms with Crippen molar-refractivity contribution in [1.82, 2.24) is 0 Å². The van der Waals surface area contributed by atoms with Crippen LogP contribution in [0.2, 0.25) is 5.02 Å². The Morgan fingerprint density at radius 1 is 1.21 bits per heavy atom. The number of halogens is 1. The van der Waals surface area contributed by atoms with Crippen LogP contribution in [-0.2, 0) is 26.1 Å². The van der Waals surface area contributed by atoms with Crippen molar-refractivity contribution in [3.05, 3.63) is 53.1 Å². The molecule has 0 saturated heterocycles. The minimum Gasteiger partial charge on any atom is -0.490 e. The number of fused-ring (bicyclic) bond motifs is 1. The Hall–Kier alpha value is -1.89. The zero-order valence-electron chi connectivity index (χ0n) is 16.2. The van der Waals surface area contributed by atoms with Crippen LogP contribution in [0.1, 0.15) is 19.4 Å². The van der Waals surface area contributed by atoms with Gasteiger partial charge in [-0.25, -0.2) is 0 Å². The minimum atomic E-state index is -1.20. The number of hydrogen-bond acceptors (Lipinski definition) is 4. The number of nitrogens with zero attached hydrogens (tertiary/aromatic N) is 1. The molecule has 0 bridgehead atoms. The van der Waals surface area contributed by atoms with E-state index in [2.05, 4.69) is 0 Å². The lowest BCUT2D eigenvalue weighted by Gasteiger charge is -2.27. The van der Waals surface area contributed by atoms with Crippen molar-refractivity contribution in [3.63, 3.8) is 0 Å². The van der Waals surface area contributed by atoms with Gasteiger partial charge in [-0.3, -0.25) is 9.00 Å². The first-order chi connectivity index (χ1) is 13.3. The van der Waals surface area contributed by atoms with E-state index < -0.39 is 16.2 Å². The summed E-state index contributed by atoms with van der Waals surface area (Å²) in [5.41, 5.74) is 0.957. The van der Waals surface area contributed by atoms with E-state index in [4.69, 9.17) is 21.1 Å². The zero-order chi connectivity index (χ0) is 20.3. The molecular weight excluding hydrogens is 398 g/mol. The molecule has 1 unspecified atom stereocenters. The van der Waals surface area contributed by atoms with Gasteiger partial charge in [-0.05, 0) is 55.8 Å². The number of ether oxygens (including phenoxy) is 2. The Morgan fingerprint density at radius 3 is 2.61 bits per heavy atom. The van der Waals surface area contributed by atoms with E-state index in [-0.39, 0.29) is 12.5 Å². The first-order valence-electron chi connectivity index (χ1n) is 9.02. The number of amides is 1. The summed E-state index contributed by atoms with van der Waals surface area (Å²) in [6.07, 6.45) is 0. The largest absolute Gasteiger partial charge is 0.490 e. The minimum absolute atomic E-state index is 0.000732. The summed E-state index contributed by atoms with van der Waals surface area (Å²) in [6, 6.07) is 12.6. The van der Waals surface area contributed by atoms with Crippen LogP contribution in [0.3, 0.4) is 0 Å². The second-order valence-corrected chi connectivity index (χ2v) is 9.26. The van der Waals surface area contributed by atoms with Crippen molar-refractivity contribution in [2.24, 2.45) is 5.41 Å². The molecule has 0 radical (unpaired) electrons. The number of carbonyl (C=O) groups is 1. The average molecular weight is 422 g/mol. The first-order valence-corrected chi connectivity index (χ1v) is 10.7. The van der Waals surface area contributed by atoms with Gasteiger partial charge >= 0.3 is 0 Å². The smallest absolute Gasteiger partial charge is 0.236 e. The van der Waals surface area contributed by atoms with Crippen molar-refractivity contribution < 1.29 is 18.5 Å². The Morgan fingerprint density at radius 2 is 1.93 bits per heavy atom. The topological polar surface area (TPSA) is 55.8 Å². The molecule has 2 aromatic carbocycles. The first kappa shape index (κ1) is 20.8. The van der Waals surface area contributed by atoms with Crippen molar-refractivity contribution in [1.29, 1.82) is 0 Å². The fraction of sp³-hybridized carbons (Fsp3) is 0.381. The molecule has 0 aliphatic carbocycles. The fourth-order valence-corrected chi connectivity index (χ4v) is 4.22. The molecule has 0 aromatic heterocycles. The predicted molar refractivity (Wildman–Crippen MR) is 112 cm³/mol. The van der Waals surface area contributed by atoms with Gasteiger partial charge in [0.25, 0.3) is 0 Å². The number of anilines is 1. The van der Waals surface area contributed by atoms with Gasteiger partial charge in [0.2, 0.25) is 5.91 Å². The van der Waals surface area contributed by atoms with Crippen molar-refractivity contribution in [3.8, 4) is 5.75 Å². The summed E-state index contributed by atoms with van der Waals surface area (Å²) in [6.45, 7) is 4.91. The highest BCUT2D eigenvalue weighted by molar-refractivity contribution is 7.84. The molecule has 5 nitrogen and oxygen atoms in total. The van der Waals surface area contributed by atoms with Gasteiger partial charge in [0.05, 0.1) is 34.3 Å². The summed E-state index contributed by atoms with van der Waals surface area (Å²) >= 11 is 5.90. The molecule has 0 fully saturated rings. The third kappa shape index (κ3) is 4.57. The quantitative estimate of drug-likeness (QED) is 0.706. The lowest BCUT2D eigenvalue weighted by atomic mass is 9.93. The predicted octanol–water partition coefficient (Wildman–Crippen LogP) is 4.05. The Kier molecular flexibility index (Phi) is 6.43. The number of carbonyl (C=O) groups excluding carboxylic acids is 1. The van der Waals surface area contributed by atoms with Crippen LogP contribution >= 0.6 is 11.6 Å². The van der Waals surface area contributed by atoms with Crippen LogP contribution in [0.15, 0.2) is 47.4 Å². The molecule has 1 amide bonds. The van der Waals surface area contributed by atoms with Crippen LogP contribution in [0.4, 0.5) is 5.69 Å². The molecule has 0 N–H and O–H groups in total. The third-order valence-electron chi connectivity index (χ3n) is 4.62. The SMILES string of the molecule is COCCN1C(=O)C(C)(C)COc2cc(CS(=O)c3ccc(Cl)cc3)ccc21. The molecule has 3 rings (SSSR count). The number of hydrogen-bond donors (Lipinski definition) is 0. The zero-order valence-corrected chi connectivity index (χ0v) is 17.8. The summed E-state index contributed by atoms with van der Waals surface area (Å²) in [4.78, 5) is 15.4. The maximum Gasteiger partial charge on any atom is 0.236 e. The Labute approximate surface area is 173 Å². The highest BCUT2D eigenvalue weighted by Gasteiger charge is 2.37. The van der Waals surface area contributed by atoms with E-state index in [9.17, 15) is 9.00 Å². The van der Waals surface area contributed by atoms with Crippen LogP contribution < -0.4 is 9.64 Å². The van der Waals surface area contributed by atoms with E-state index in [0.29, 0.717) is 35.4 Å². The van der Waals surface area contributed by atoms with E-state index in [1.165, 1.54) is 0 Å². The molecule has 7 heteroatoms. The Bertz CT molecular complexity index is 882. The van der Waals surface area contributed by atoms with Gasteiger partial charge in [-0.15, -0.1) is 0 Å². The normalized spacial score (nSPS) is 16.9. The highest BCUT2D eigenvalue weighted by Crippen LogP contribution is 2.37. The van der Waals surface area contributed by atoms with Gasteiger partial charge in [-0.1, -0.05) is 17.7 Å². The third-order valence-corrected chi connectivity index (χ3v) is 6.27. The molecule has 28 heavy (non-hydrogen) atoms.